The van der Waals surface area contributed by atoms with Crippen LogP contribution >= 0.6 is 0 Å². The van der Waals surface area contributed by atoms with Crippen LogP contribution in [-0.2, 0) is 4.79 Å². The first-order valence-electron chi connectivity index (χ1n) is 6.37. The minimum atomic E-state index is -0.425. The molecule has 0 heterocycles. The Morgan fingerprint density at radius 2 is 2.06 bits per heavy atom. The van der Waals surface area contributed by atoms with Crippen LogP contribution in [0.4, 0.5) is 4.79 Å². The molecule has 5 nitrogen and oxygen atoms in total. The molecule has 3 unspecified atom stereocenters. The molecule has 5 heteroatoms. The number of amides is 3. The summed E-state index contributed by atoms with van der Waals surface area (Å²) in [5.74, 6) is 0.460. The monoisotopic (exact) mass is 241 g/mol. The molecule has 1 saturated carbocycles. The van der Waals surface area contributed by atoms with Crippen LogP contribution in [-0.4, -0.2) is 30.6 Å². The molecule has 0 saturated heterocycles. The van der Waals surface area contributed by atoms with E-state index in [1.165, 1.54) is 6.42 Å². The summed E-state index contributed by atoms with van der Waals surface area (Å²) in [4.78, 5) is 22.8. The fraction of sp³-hybridized carbons (Fsp3) is 0.833. The number of carbonyl (C=O) groups is 2. The van der Waals surface area contributed by atoms with Crippen LogP contribution in [0.2, 0.25) is 0 Å². The van der Waals surface area contributed by atoms with Crippen LogP contribution in [0.5, 0.6) is 0 Å². The molecule has 0 spiro atoms. The van der Waals surface area contributed by atoms with Crippen LogP contribution < -0.4 is 16.0 Å². The SMILES string of the molecule is CCNC(=O)NC(=O)C(C)NC1CCC(C)C1. The predicted molar refractivity (Wildman–Crippen MR) is 66.6 cm³/mol. The minimum Gasteiger partial charge on any atom is -0.338 e. The molecule has 1 fully saturated rings. The molecule has 0 aromatic carbocycles. The molecule has 0 bridgehead atoms. The highest BCUT2D eigenvalue weighted by molar-refractivity contribution is 5.96. The van der Waals surface area contributed by atoms with Crippen molar-refractivity contribution in [1.29, 1.82) is 0 Å². The average molecular weight is 241 g/mol. The van der Waals surface area contributed by atoms with Crippen molar-refractivity contribution in [3.8, 4) is 0 Å². The van der Waals surface area contributed by atoms with Crippen LogP contribution in [0, 0.1) is 5.92 Å². The molecule has 0 radical (unpaired) electrons. The third kappa shape index (κ3) is 4.73. The standard InChI is InChI=1S/C12H23N3O2/c1-4-13-12(17)15-11(16)9(3)14-10-6-5-8(2)7-10/h8-10,14H,4-7H2,1-3H3,(H2,13,15,16,17). The number of urea groups is 1. The van der Waals surface area contributed by atoms with Gasteiger partial charge in [0.15, 0.2) is 0 Å². The zero-order valence-electron chi connectivity index (χ0n) is 10.9. The van der Waals surface area contributed by atoms with E-state index in [1.807, 2.05) is 6.92 Å². The highest BCUT2D eigenvalue weighted by Gasteiger charge is 2.25. The van der Waals surface area contributed by atoms with E-state index in [0.29, 0.717) is 12.6 Å². The Kier molecular flexibility index (Phi) is 5.41. The Labute approximate surface area is 103 Å². The second kappa shape index (κ2) is 6.59. The van der Waals surface area contributed by atoms with E-state index in [4.69, 9.17) is 0 Å². The Morgan fingerprint density at radius 1 is 1.35 bits per heavy atom. The van der Waals surface area contributed by atoms with Gasteiger partial charge in [-0.2, -0.15) is 0 Å². The first-order valence-corrected chi connectivity index (χ1v) is 6.37. The van der Waals surface area contributed by atoms with Crippen molar-refractivity contribution in [2.45, 2.75) is 52.1 Å². The first kappa shape index (κ1) is 14.0. The van der Waals surface area contributed by atoms with Crippen molar-refractivity contribution >= 4 is 11.9 Å². The lowest BCUT2D eigenvalue weighted by molar-refractivity contribution is -0.121. The summed E-state index contributed by atoms with van der Waals surface area (Å²) in [6.07, 6.45) is 3.43. The Balaban J connectivity index is 2.29. The van der Waals surface area contributed by atoms with E-state index in [0.717, 1.165) is 18.8 Å². The molecule has 0 aromatic rings. The normalized spacial score (nSPS) is 25.4. The van der Waals surface area contributed by atoms with Gasteiger partial charge in [0.25, 0.3) is 0 Å². The maximum atomic E-state index is 11.7. The van der Waals surface area contributed by atoms with Gasteiger partial charge in [-0.05, 0) is 39.0 Å². The van der Waals surface area contributed by atoms with Crippen molar-refractivity contribution in [3.63, 3.8) is 0 Å². The molecule has 17 heavy (non-hydrogen) atoms. The lowest BCUT2D eigenvalue weighted by Crippen LogP contribution is -2.50. The quantitative estimate of drug-likeness (QED) is 0.687. The van der Waals surface area contributed by atoms with Gasteiger partial charge in [0.1, 0.15) is 0 Å². The molecule has 1 rings (SSSR count). The van der Waals surface area contributed by atoms with Crippen LogP contribution in [0.15, 0.2) is 0 Å². The number of rotatable bonds is 4. The third-order valence-electron chi connectivity index (χ3n) is 3.15. The topological polar surface area (TPSA) is 70.2 Å². The van der Waals surface area contributed by atoms with Gasteiger partial charge in [-0.3, -0.25) is 10.1 Å². The maximum Gasteiger partial charge on any atom is 0.321 e. The van der Waals surface area contributed by atoms with Gasteiger partial charge in [0.05, 0.1) is 6.04 Å². The van der Waals surface area contributed by atoms with Gasteiger partial charge in [-0.15, -0.1) is 0 Å². The summed E-state index contributed by atoms with van der Waals surface area (Å²) in [7, 11) is 0. The van der Waals surface area contributed by atoms with Gasteiger partial charge in [0.2, 0.25) is 5.91 Å². The lowest BCUT2D eigenvalue weighted by atomic mass is 10.1. The van der Waals surface area contributed by atoms with E-state index >= 15 is 0 Å². The number of hydrogen-bond acceptors (Lipinski definition) is 3. The summed E-state index contributed by atoms with van der Waals surface area (Å²) in [5, 5.41) is 8.11. The fourth-order valence-electron chi connectivity index (χ4n) is 2.21. The second-order valence-corrected chi connectivity index (χ2v) is 4.85. The Bertz CT molecular complexity index is 281. The van der Waals surface area contributed by atoms with Gasteiger partial charge >= 0.3 is 6.03 Å². The molecule has 0 aromatic heterocycles. The molecule has 3 N–H and O–H groups in total. The minimum absolute atomic E-state index is 0.268. The van der Waals surface area contributed by atoms with Gasteiger partial charge in [-0.25, -0.2) is 4.79 Å². The van der Waals surface area contributed by atoms with E-state index in [-0.39, 0.29) is 11.9 Å². The Morgan fingerprint density at radius 3 is 2.59 bits per heavy atom. The van der Waals surface area contributed by atoms with E-state index in [1.54, 1.807) is 6.92 Å². The van der Waals surface area contributed by atoms with Crippen molar-refractivity contribution in [2.75, 3.05) is 6.54 Å². The van der Waals surface area contributed by atoms with Crippen molar-refractivity contribution in [2.24, 2.45) is 5.92 Å². The summed E-state index contributed by atoms with van der Waals surface area (Å²) in [6, 6.07) is -0.348. The van der Waals surface area contributed by atoms with Crippen LogP contribution in [0.25, 0.3) is 0 Å². The molecule has 3 atom stereocenters. The number of hydrogen-bond donors (Lipinski definition) is 3. The number of nitrogens with one attached hydrogen (secondary N) is 3. The molecule has 98 valence electrons. The zero-order valence-corrected chi connectivity index (χ0v) is 10.9. The second-order valence-electron chi connectivity index (χ2n) is 4.85. The van der Waals surface area contributed by atoms with Gasteiger partial charge in [0, 0.05) is 12.6 Å². The molecule has 1 aliphatic carbocycles. The van der Waals surface area contributed by atoms with Crippen molar-refractivity contribution in [3.05, 3.63) is 0 Å². The highest BCUT2D eigenvalue weighted by atomic mass is 16.2. The maximum absolute atomic E-state index is 11.7. The number of imide groups is 1. The molecule has 1 aliphatic rings. The molecular formula is C12H23N3O2. The third-order valence-corrected chi connectivity index (χ3v) is 3.15. The highest BCUT2D eigenvalue weighted by Crippen LogP contribution is 2.24. The predicted octanol–water partition coefficient (Wildman–Crippen LogP) is 0.999. The summed E-state index contributed by atoms with van der Waals surface area (Å²) < 4.78 is 0. The summed E-state index contributed by atoms with van der Waals surface area (Å²) in [6.45, 7) is 6.34. The van der Waals surface area contributed by atoms with Crippen molar-refractivity contribution in [1.82, 2.24) is 16.0 Å². The van der Waals surface area contributed by atoms with E-state index in [9.17, 15) is 9.59 Å². The first-order chi connectivity index (χ1) is 8.02. The number of carbonyl (C=O) groups excluding carboxylic acids is 2. The van der Waals surface area contributed by atoms with E-state index in [2.05, 4.69) is 22.9 Å². The van der Waals surface area contributed by atoms with Gasteiger partial charge in [-0.1, -0.05) is 6.92 Å². The average Bonchev–Trinajstić information content (AvgIpc) is 2.64. The zero-order chi connectivity index (χ0) is 12.8. The Hall–Kier alpha value is -1.10. The van der Waals surface area contributed by atoms with Gasteiger partial charge < -0.3 is 10.6 Å². The molecule has 0 aliphatic heterocycles. The fourth-order valence-corrected chi connectivity index (χ4v) is 2.21. The van der Waals surface area contributed by atoms with Crippen molar-refractivity contribution < 1.29 is 9.59 Å². The smallest absolute Gasteiger partial charge is 0.321 e. The molecule has 3 amide bonds. The summed E-state index contributed by atoms with van der Waals surface area (Å²) in [5.41, 5.74) is 0. The molecular weight excluding hydrogens is 218 g/mol. The van der Waals surface area contributed by atoms with Crippen LogP contribution in [0.3, 0.4) is 0 Å². The summed E-state index contributed by atoms with van der Waals surface area (Å²) >= 11 is 0. The lowest BCUT2D eigenvalue weighted by Gasteiger charge is -2.18. The van der Waals surface area contributed by atoms with Crippen LogP contribution in [0.1, 0.15) is 40.0 Å². The van der Waals surface area contributed by atoms with E-state index < -0.39 is 6.03 Å². The largest absolute Gasteiger partial charge is 0.338 e.